The van der Waals surface area contributed by atoms with Crippen molar-refractivity contribution >= 4 is 27.5 Å². The minimum absolute atomic E-state index is 0.0598. The van der Waals surface area contributed by atoms with E-state index in [1.807, 2.05) is 0 Å². The fourth-order valence-electron chi connectivity index (χ4n) is 4.03. The Balaban J connectivity index is 1.73. The van der Waals surface area contributed by atoms with Crippen molar-refractivity contribution in [2.75, 3.05) is 13.7 Å². The number of fused-ring (bicyclic) bond motifs is 3. The Hall–Kier alpha value is -3.45. The molecule has 0 unspecified atom stereocenters. The number of aromatic nitrogens is 1. The third-order valence-electron chi connectivity index (χ3n) is 5.79. The lowest BCUT2D eigenvalue weighted by atomic mass is 9.85. The molecule has 0 saturated carbocycles. The zero-order valence-electron chi connectivity index (χ0n) is 17.1. The number of ketones is 1. The molecule has 0 radical (unpaired) electrons. The molecule has 0 aliphatic carbocycles. The van der Waals surface area contributed by atoms with Gasteiger partial charge in [0.2, 0.25) is 21.7 Å². The summed E-state index contributed by atoms with van der Waals surface area (Å²) in [6.07, 6.45) is 1.68. The molecular weight excluding hydrogens is 418 g/mol. The lowest BCUT2D eigenvalue weighted by Crippen LogP contribution is -2.56. The first-order chi connectivity index (χ1) is 14.7. The van der Waals surface area contributed by atoms with Gasteiger partial charge >= 0.3 is 0 Å². The SMILES string of the molecule is [C-]#[N+]c1ccc(C(=O)Cc2ccc3c(c2)[C@@]2(C)N=C(N)N(C)S(=O)(=O)[C@@H]2CCO3)nc1. The number of carbonyl (C=O) groups is 1. The molecule has 3 heterocycles. The van der Waals surface area contributed by atoms with Crippen molar-refractivity contribution in [1.82, 2.24) is 9.29 Å². The topological polar surface area (TPSA) is 119 Å². The molecule has 9 nitrogen and oxygen atoms in total. The van der Waals surface area contributed by atoms with Gasteiger partial charge in [0.25, 0.3) is 0 Å². The first-order valence-corrected chi connectivity index (χ1v) is 11.1. The molecule has 1 aromatic heterocycles. The summed E-state index contributed by atoms with van der Waals surface area (Å²) in [4.78, 5) is 24.6. The van der Waals surface area contributed by atoms with Gasteiger partial charge < -0.3 is 10.5 Å². The van der Waals surface area contributed by atoms with Crippen LogP contribution in [0.25, 0.3) is 4.85 Å². The van der Waals surface area contributed by atoms with Crippen LogP contribution >= 0.6 is 0 Å². The zero-order chi connectivity index (χ0) is 22.4. The zero-order valence-corrected chi connectivity index (χ0v) is 17.9. The number of ether oxygens (including phenoxy) is 1. The van der Waals surface area contributed by atoms with Crippen LogP contribution in [0.3, 0.4) is 0 Å². The van der Waals surface area contributed by atoms with Gasteiger partial charge in [-0.25, -0.2) is 22.6 Å². The number of nitrogens with two attached hydrogens (primary N) is 1. The Kier molecular flexibility index (Phi) is 4.94. The molecule has 0 fully saturated rings. The Morgan fingerprint density at radius 1 is 1.39 bits per heavy atom. The summed E-state index contributed by atoms with van der Waals surface area (Å²) >= 11 is 0. The molecule has 2 aliphatic heterocycles. The van der Waals surface area contributed by atoms with Crippen LogP contribution in [0.4, 0.5) is 5.69 Å². The maximum atomic E-state index is 13.1. The second kappa shape index (κ2) is 7.35. The molecule has 1 aromatic carbocycles. The number of aliphatic imine (C=N–C) groups is 1. The molecule has 2 N–H and O–H groups in total. The van der Waals surface area contributed by atoms with Crippen molar-refractivity contribution in [3.8, 4) is 5.75 Å². The van der Waals surface area contributed by atoms with Crippen molar-refractivity contribution in [2.24, 2.45) is 10.7 Å². The molecular formula is C21H21N5O4S. The summed E-state index contributed by atoms with van der Waals surface area (Å²) in [6, 6.07) is 8.33. The molecule has 160 valence electrons. The van der Waals surface area contributed by atoms with Crippen molar-refractivity contribution in [3.63, 3.8) is 0 Å². The van der Waals surface area contributed by atoms with Gasteiger partial charge in [0, 0.05) is 31.6 Å². The highest BCUT2D eigenvalue weighted by atomic mass is 32.2. The van der Waals surface area contributed by atoms with Crippen molar-refractivity contribution < 1.29 is 17.9 Å². The van der Waals surface area contributed by atoms with Crippen LogP contribution in [-0.2, 0) is 22.0 Å². The fourth-order valence-corrected chi connectivity index (χ4v) is 5.87. The molecule has 0 bridgehead atoms. The molecule has 0 amide bonds. The summed E-state index contributed by atoms with van der Waals surface area (Å²) in [7, 11) is -2.33. The third kappa shape index (κ3) is 3.41. The largest absolute Gasteiger partial charge is 0.493 e. The number of guanidine groups is 1. The van der Waals surface area contributed by atoms with E-state index in [9.17, 15) is 13.2 Å². The highest BCUT2D eigenvalue weighted by Gasteiger charge is 2.52. The van der Waals surface area contributed by atoms with Gasteiger partial charge in [-0.2, -0.15) is 0 Å². The normalized spacial score (nSPS) is 24.0. The van der Waals surface area contributed by atoms with Crippen LogP contribution in [-0.4, -0.2) is 48.4 Å². The number of pyridine rings is 1. The summed E-state index contributed by atoms with van der Waals surface area (Å²) in [6.45, 7) is 8.94. The lowest BCUT2D eigenvalue weighted by Gasteiger charge is -2.40. The first-order valence-electron chi connectivity index (χ1n) is 9.63. The lowest BCUT2D eigenvalue weighted by molar-refractivity contribution is 0.0988. The molecule has 4 rings (SSSR count). The van der Waals surface area contributed by atoms with E-state index in [0.717, 1.165) is 4.31 Å². The molecule has 31 heavy (non-hydrogen) atoms. The van der Waals surface area contributed by atoms with E-state index in [1.54, 1.807) is 31.2 Å². The Labute approximate surface area is 180 Å². The van der Waals surface area contributed by atoms with Crippen molar-refractivity contribution in [1.29, 1.82) is 0 Å². The van der Waals surface area contributed by atoms with Gasteiger partial charge in [-0.3, -0.25) is 9.78 Å². The summed E-state index contributed by atoms with van der Waals surface area (Å²) in [5.41, 5.74) is 6.67. The van der Waals surface area contributed by atoms with E-state index in [0.29, 0.717) is 22.6 Å². The standard InChI is InChI=1S/C21H21N5O4S/c1-21-15-10-13(11-17(27)16-6-5-14(23-2)12-24-16)4-7-18(15)30-9-8-19(21)31(28,29)26(3)20(22)25-21/h4-7,10,12,19H,8-9,11H2,1,3H3,(H2,22,25)/t19-,21-/m1/s1. The maximum absolute atomic E-state index is 13.1. The summed E-state index contributed by atoms with van der Waals surface area (Å²) in [5, 5.41) is -0.840. The Morgan fingerprint density at radius 3 is 2.84 bits per heavy atom. The van der Waals surface area contributed by atoms with Crippen molar-refractivity contribution in [3.05, 3.63) is 64.8 Å². The van der Waals surface area contributed by atoms with Crippen LogP contribution in [0, 0.1) is 6.57 Å². The van der Waals surface area contributed by atoms with E-state index in [-0.39, 0.29) is 36.9 Å². The van der Waals surface area contributed by atoms with Gasteiger partial charge in [0.05, 0.1) is 13.2 Å². The predicted octanol–water partition coefficient (Wildman–Crippen LogP) is 2.01. The number of Topliss-reactive ketones (excluding diaryl/α,β-unsaturated/α-hetero) is 1. The third-order valence-corrected chi connectivity index (χ3v) is 8.16. The van der Waals surface area contributed by atoms with Crippen LogP contribution in [0.1, 0.15) is 35.0 Å². The summed E-state index contributed by atoms with van der Waals surface area (Å²) in [5.74, 6) is 0.223. The number of hydrogen-bond acceptors (Lipinski definition) is 7. The van der Waals surface area contributed by atoms with E-state index < -0.39 is 20.8 Å². The predicted molar refractivity (Wildman–Crippen MR) is 115 cm³/mol. The average Bonchev–Trinajstić information content (AvgIpc) is 2.89. The van der Waals surface area contributed by atoms with Crippen LogP contribution in [0.2, 0.25) is 0 Å². The van der Waals surface area contributed by atoms with Crippen LogP contribution in [0.15, 0.2) is 41.5 Å². The molecule has 2 aliphatic rings. The van der Waals surface area contributed by atoms with E-state index in [4.69, 9.17) is 17.0 Å². The molecule has 2 aromatic rings. The Bertz CT molecular complexity index is 1230. The molecule has 10 heteroatoms. The number of hydrogen-bond donors (Lipinski definition) is 1. The Morgan fingerprint density at radius 2 is 2.16 bits per heavy atom. The van der Waals surface area contributed by atoms with Gasteiger partial charge in [0.1, 0.15) is 22.2 Å². The highest BCUT2D eigenvalue weighted by Crippen LogP contribution is 2.45. The number of rotatable bonds is 3. The van der Waals surface area contributed by atoms with E-state index in [2.05, 4.69) is 14.8 Å². The number of carbonyl (C=O) groups excluding carboxylic acids is 1. The first kappa shape index (κ1) is 20.8. The number of benzene rings is 1. The molecule has 2 atom stereocenters. The monoisotopic (exact) mass is 439 g/mol. The fraction of sp³-hybridized carbons (Fsp3) is 0.333. The average molecular weight is 439 g/mol. The number of sulfonamides is 1. The van der Waals surface area contributed by atoms with Crippen LogP contribution < -0.4 is 10.5 Å². The minimum Gasteiger partial charge on any atom is -0.493 e. The molecule has 0 spiro atoms. The van der Waals surface area contributed by atoms with Crippen molar-refractivity contribution in [2.45, 2.75) is 30.6 Å². The van der Waals surface area contributed by atoms with E-state index in [1.165, 1.54) is 19.3 Å². The minimum atomic E-state index is -3.73. The number of nitrogens with zero attached hydrogens (tertiary/aromatic N) is 4. The smallest absolute Gasteiger partial charge is 0.242 e. The van der Waals surface area contributed by atoms with Gasteiger partial charge in [-0.05, 0) is 30.7 Å². The quantitative estimate of drug-likeness (QED) is 0.577. The second-order valence-electron chi connectivity index (χ2n) is 7.70. The van der Waals surface area contributed by atoms with E-state index >= 15 is 0 Å². The second-order valence-corrected chi connectivity index (χ2v) is 9.85. The van der Waals surface area contributed by atoms with Crippen LogP contribution in [0.5, 0.6) is 5.75 Å². The summed E-state index contributed by atoms with van der Waals surface area (Å²) < 4.78 is 32.9. The van der Waals surface area contributed by atoms with Gasteiger partial charge in [-0.1, -0.05) is 12.1 Å². The van der Waals surface area contributed by atoms with Gasteiger partial charge in [0.15, 0.2) is 5.78 Å². The van der Waals surface area contributed by atoms with Gasteiger partial charge in [-0.15, -0.1) is 0 Å². The highest BCUT2D eigenvalue weighted by molar-refractivity contribution is 7.90. The molecule has 0 saturated heterocycles. The maximum Gasteiger partial charge on any atom is 0.242 e.